The molecule has 172 valence electrons. The molecular formula is C20H18F3NO7S. The number of para-hydroxylation sites is 1. The molecule has 1 aliphatic carbocycles. The maximum Gasteiger partial charge on any atom is 0.416 e. The number of benzene rings is 2. The fraction of sp³-hybridized carbons (Fsp3) is 0.350. The summed E-state index contributed by atoms with van der Waals surface area (Å²) in [6, 6.07) is 7.24. The molecule has 0 radical (unpaired) electrons. The molecule has 2 aromatic rings. The SMILES string of the molecule is O=C(O)C(O)(NS(=O)(=O)c1cccc(C(F)(F)F)c1)Oc1cccc2c1OC1CCCC21. The first-order chi connectivity index (χ1) is 14.9. The van der Waals surface area contributed by atoms with Gasteiger partial charge in [-0.1, -0.05) is 18.2 Å². The summed E-state index contributed by atoms with van der Waals surface area (Å²) in [5.74, 6) is -5.57. The van der Waals surface area contributed by atoms with E-state index in [0.717, 1.165) is 37.0 Å². The molecule has 1 heterocycles. The van der Waals surface area contributed by atoms with Gasteiger partial charge in [0, 0.05) is 11.5 Å². The van der Waals surface area contributed by atoms with Gasteiger partial charge < -0.3 is 19.7 Å². The summed E-state index contributed by atoms with van der Waals surface area (Å²) in [4.78, 5) is 10.8. The summed E-state index contributed by atoms with van der Waals surface area (Å²) in [6.07, 6.45) is -2.37. The van der Waals surface area contributed by atoms with Crippen LogP contribution in [0.4, 0.5) is 13.2 Å². The van der Waals surface area contributed by atoms with Crippen LogP contribution in [0.15, 0.2) is 47.4 Å². The number of hydrogen-bond donors (Lipinski definition) is 3. The van der Waals surface area contributed by atoms with Crippen LogP contribution >= 0.6 is 0 Å². The lowest BCUT2D eigenvalue weighted by atomic mass is 9.97. The zero-order chi connectivity index (χ0) is 23.3. The molecule has 2 aromatic carbocycles. The first-order valence-electron chi connectivity index (χ1n) is 9.56. The van der Waals surface area contributed by atoms with E-state index < -0.39 is 38.5 Å². The lowest BCUT2D eigenvalue weighted by molar-refractivity contribution is -0.197. The Morgan fingerprint density at radius 3 is 2.56 bits per heavy atom. The van der Waals surface area contributed by atoms with Crippen molar-refractivity contribution < 1.29 is 46.1 Å². The number of nitrogens with one attached hydrogen (secondary N) is 1. The number of halogens is 3. The Morgan fingerprint density at radius 1 is 1.16 bits per heavy atom. The molecule has 0 spiro atoms. The van der Waals surface area contributed by atoms with Gasteiger partial charge in [-0.15, -0.1) is 4.72 Å². The third-order valence-corrected chi connectivity index (χ3v) is 6.84. The fourth-order valence-corrected chi connectivity index (χ4v) is 5.10. The lowest BCUT2D eigenvalue weighted by Gasteiger charge is -2.26. The van der Waals surface area contributed by atoms with Crippen molar-refractivity contribution in [3.8, 4) is 11.5 Å². The highest BCUT2D eigenvalue weighted by Gasteiger charge is 2.47. The molecule has 8 nitrogen and oxygen atoms in total. The molecular weight excluding hydrogens is 455 g/mol. The number of carboxylic acid groups (broad SMARTS) is 1. The van der Waals surface area contributed by atoms with Crippen LogP contribution in [0.3, 0.4) is 0 Å². The average Bonchev–Trinajstić information content (AvgIpc) is 3.29. The summed E-state index contributed by atoms with van der Waals surface area (Å²) in [5, 5.41) is 20.0. The molecule has 0 aromatic heterocycles. The van der Waals surface area contributed by atoms with Crippen molar-refractivity contribution in [2.75, 3.05) is 0 Å². The van der Waals surface area contributed by atoms with E-state index in [0.29, 0.717) is 12.1 Å². The molecule has 1 saturated carbocycles. The third-order valence-electron chi connectivity index (χ3n) is 5.42. The van der Waals surface area contributed by atoms with Crippen molar-refractivity contribution in [3.63, 3.8) is 0 Å². The summed E-state index contributed by atoms with van der Waals surface area (Å²) in [6.45, 7) is 0. The fourth-order valence-electron chi connectivity index (χ4n) is 3.95. The van der Waals surface area contributed by atoms with Gasteiger partial charge in [-0.05, 0) is 43.5 Å². The predicted molar refractivity (Wildman–Crippen MR) is 102 cm³/mol. The second-order valence-corrected chi connectivity index (χ2v) is 9.23. The van der Waals surface area contributed by atoms with Gasteiger partial charge in [0.1, 0.15) is 6.10 Å². The van der Waals surface area contributed by atoms with Crippen LogP contribution in [0.5, 0.6) is 11.5 Å². The Hall–Kier alpha value is -2.83. The molecule has 2 aliphatic rings. The summed E-state index contributed by atoms with van der Waals surface area (Å²) >= 11 is 0. The van der Waals surface area contributed by atoms with Crippen molar-refractivity contribution >= 4 is 16.0 Å². The van der Waals surface area contributed by atoms with E-state index in [1.165, 1.54) is 10.8 Å². The Labute approximate surface area is 180 Å². The number of carboxylic acids is 1. The van der Waals surface area contributed by atoms with Gasteiger partial charge in [-0.25, -0.2) is 13.2 Å². The Balaban J connectivity index is 1.65. The van der Waals surface area contributed by atoms with E-state index in [4.69, 9.17) is 9.47 Å². The van der Waals surface area contributed by atoms with Crippen molar-refractivity contribution in [3.05, 3.63) is 53.6 Å². The van der Waals surface area contributed by atoms with Gasteiger partial charge in [-0.2, -0.15) is 13.2 Å². The summed E-state index contributed by atoms with van der Waals surface area (Å²) < 4.78 is 76.4. The molecule has 0 amide bonds. The molecule has 4 rings (SSSR count). The number of hydrogen-bond acceptors (Lipinski definition) is 6. The van der Waals surface area contributed by atoms with Crippen molar-refractivity contribution in [1.82, 2.24) is 4.72 Å². The van der Waals surface area contributed by atoms with E-state index in [-0.39, 0.29) is 23.5 Å². The van der Waals surface area contributed by atoms with Gasteiger partial charge in [0.25, 0.3) is 0 Å². The van der Waals surface area contributed by atoms with Crippen LogP contribution in [0.1, 0.15) is 36.3 Å². The quantitative estimate of drug-likeness (QED) is 0.552. The minimum absolute atomic E-state index is 0.0771. The maximum atomic E-state index is 12.9. The highest BCUT2D eigenvalue weighted by molar-refractivity contribution is 7.89. The van der Waals surface area contributed by atoms with Gasteiger partial charge in [0.15, 0.2) is 11.5 Å². The number of rotatable bonds is 6. The second-order valence-electron chi connectivity index (χ2n) is 7.55. The van der Waals surface area contributed by atoms with Crippen LogP contribution in [-0.2, 0) is 21.0 Å². The monoisotopic (exact) mass is 473 g/mol. The Bertz CT molecular complexity index is 1170. The minimum Gasteiger partial charge on any atom is -0.486 e. The van der Waals surface area contributed by atoms with Gasteiger partial charge in [0.05, 0.1) is 10.5 Å². The van der Waals surface area contributed by atoms with Crippen LogP contribution < -0.4 is 14.2 Å². The van der Waals surface area contributed by atoms with Crippen LogP contribution in [0.2, 0.25) is 0 Å². The molecule has 32 heavy (non-hydrogen) atoms. The molecule has 0 bridgehead atoms. The van der Waals surface area contributed by atoms with Crippen LogP contribution in [-0.4, -0.2) is 36.6 Å². The zero-order valence-electron chi connectivity index (χ0n) is 16.3. The van der Waals surface area contributed by atoms with Crippen LogP contribution in [0, 0.1) is 0 Å². The zero-order valence-corrected chi connectivity index (χ0v) is 17.1. The van der Waals surface area contributed by atoms with E-state index >= 15 is 0 Å². The van der Waals surface area contributed by atoms with Crippen molar-refractivity contribution in [1.29, 1.82) is 0 Å². The van der Waals surface area contributed by atoms with E-state index in [1.807, 2.05) is 0 Å². The maximum absolute atomic E-state index is 12.9. The van der Waals surface area contributed by atoms with Crippen molar-refractivity contribution in [2.45, 2.75) is 48.3 Å². The second kappa shape index (κ2) is 7.64. The first kappa shape index (κ1) is 22.4. The number of aliphatic carboxylic acids is 1. The van der Waals surface area contributed by atoms with Gasteiger partial charge >= 0.3 is 18.1 Å². The lowest BCUT2D eigenvalue weighted by Crippen LogP contribution is -2.58. The number of carbonyl (C=O) groups is 1. The topological polar surface area (TPSA) is 122 Å². The number of alkyl halides is 3. The predicted octanol–water partition coefficient (Wildman–Crippen LogP) is 2.82. The van der Waals surface area contributed by atoms with E-state index in [2.05, 4.69) is 0 Å². The molecule has 0 saturated heterocycles. The third kappa shape index (κ3) is 4.00. The first-order valence-corrected chi connectivity index (χ1v) is 11.0. The van der Waals surface area contributed by atoms with Gasteiger partial charge in [0.2, 0.25) is 10.0 Å². The smallest absolute Gasteiger partial charge is 0.416 e. The van der Waals surface area contributed by atoms with E-state index in [1.54, 1.807) is 12.1 Å². The summed E-state index contributed by atoms with van der Waals surface area (Å²) in [5.41, 5.74) is -0.514. The molecule has 12 heteroatoms. The van der Waals surface area contributed by atoms with Crippen molar-refractivity contribution in [2.24, 2.45) is 0 Å². The average molecular weight is 473 g/mol. The summed E-state index contributed by atoms with van der Waals surface area (Å²) in [7, 11) is -4.94. The standard InChI is InChI=1S/C20H18F3NO7S/c21-19(22,23)11-4-1-5-12(10-11)32(28,29)24-20(27,18(25)26)31-16-9-3-7-14-13-6-2-8-15(13)30-17(14)16/h1,3-5,7,9-10,13,15,24,27H,2,6,8H2,(H,25,26). The molecule has 3 N–H and O–H groups in total. The number of ether oxygens (including phenoxy) is 2. The molecule has 1 fully saturated rings. The molecule has 3 unspecified atom stereocenters. The number of aliphatic hydroxyl groups is 1. The highest BCUT2D eigenvalue weighted by atomic mass is 32.2. The Kier molecular flexibility index (Phi) is 5.34. The highest BCUT2D eigenvalue weighted by Crippen LogP contribution is 2.51. The minimum atomic E-state index is -4.94. The van der Waals surface area contributed by atoms with Gasteiger partial charge in [-0.3, -0.25) is 0 Å². The van der Waals surface area contributed by atoms with E-state index in [9.17, 15) is 36.6 Å². The largest absolute Gasteiger partial charge is 0.486 e. The number of sulfonamides is 1. The number of fused-ring (bicyclic) bond motifs is 3. The Morgan fingerprint density at radius 2 is 1.88 bits per heavy atom. The molecule has 1 aliphatic heterocycles. The van der Waals surface area contributed by atoms with Crippen LogP contribution in [0.25, 0.3) is 0 Å². The normalized spacial score (nSPS) is 21.9. The molecule has 3 atom stereocenters.